The van der Waals surface area contributed by atoms with Crippen molar-refractivity contribution in [3.05, 3.63) is 30.3 Å². The van der Waals surface area contributed by atoms with Gasteiger partial charge in [-0.05, 0) is 38.3 Å². The molecule has 4 nitrogen and oxygen atoms in total. The first kappa shape index (κ1) is 17.6. The molecule has 1 N–H and O–H groups in total. The molecule has 132 valence electrons. The van der Waals surface area contributed by atoms with Crippen LogP contribution in [0, 0.1) is 5.92 Å². The van der Waals surface area contributed by atoms with Gasteiger partial charge in [0.25, 0.3) is 0 Å². The molecule has 1 aromatic carbocycles. The summed E-state index contributed by atoms with van der Waals surface area (Å²) in [5.74, 6) is 1.71. The lowest BCUT2D eigenvalue weighted by atomic mass is 10.1. The third-order valence-electron chi connectivity index (χ3n) is 4.72. The molecule has 0 spiro atoms. The number of methoxy groups -OCH3 is 1. The average molecular weight is 348 g/mol. The molecule has 1 heterocycles. The second-order valence-electron chi connectivity index (χ2n) is 6.82. The number of nitrogens with one attached hydrogen (secondary N) is 1. The number of guanidine groups is 1. The van der Waals surface area contributed by atoms with E-state index in [4.69, 9.17) is 9.73 Å². The summed E-state index contributed by atoms with van der Waals surface area (Å²) >= 11 is 1.99. The van der Waals surface area contributed by atoms with Crippen molar-refractivity contribution in [3.8, 4) is 0 Å². The van der Waals surface area contributed by atoms with Crippen LogP contribution in [0.5, 0.6) is 0 Å². The standard InChI is InChI=1S/C19H29N3OS/c1-3-20-18(22-12-9-16(13-22)14-23-2)21-15-19(10-11-19)24-17-7-5-4-6-8-17/h4-8,16H,3,9-15H2,1-2H3,(H,20,21). The summed E-state index contributed by atoms with van der Waals surface area (Å²) < 4.78 is 5.63. The van der Waals surface area contributed by atoms with Crippen LogP contribution in [0.25, 0.3) is 0 Å². The number of benzene rings is 1. The molecular formula is C19H29N3OS. The predicted molar refractivity (Wildman–Crippen MR) is 102 cm³/mol. The Kier molecular flexibility index (Phi) is 6.06. The van der Waals surface area contributed by atoms with Crippen LogP contribution in [0.3, 0.4) is 0 Å². The summed E-state index contributed by atoms with van der Waals surface area (Å²) in [7, 11) is 1.79. The highest BCUT2D eigenvalue weighted by molar-refractivity contribution is 8.01. The maximum Gasteiger partial charge on any atom is 0.193 e. The number of hydrogen-bond donors (Lipinski definition) is 1. The Balaban J connectivity index is 1.60. The first-order valence-corrected chi connectivity index (χ1v) is 9.82. The third-order valence-corrected chi connectivity index (χ3v) is 6.20. The highest BCUT2D eigenvalue weighted by Crippen LogP contribution is 2.51. The zero-order valence-electron chi connectivity index (χ0n) is 14.8. The van der Waals surface area contributed by atoms with Gasteiger partial charge in [0.05, 0.1) is 13.2 Å². The fourth-order valence-corrected chi connectivity index (χ4v) is 4.44. The van der Waals surface area contributed by atoms with Crippen LogP contribution in [-0.2, 0) is 4.74 Å². The molecule has 1 atom stereocenters. The van der Waals surface area contributed by atoms with E-state index in [1.807, 2.05) is 11.8 Å². The summed E-state index contributed by atoms with van der Waals surface area (Å²) in [6.45, 7) is 6.95. The SMILES string of the molecule is CCNC(=NCC1(Sc2ccccc2)CC1)N1CCC(COC)C1. The van der Waals surface area contributed by atoms with Crippen LogP contribution in [-0.4, -0.2) is 55.5 Å². The molecule has 1 aliphatic carbocycles. The topological polar surface area (TPSA) is 36.9 Å². The quantitative estimate of drug-likeness (QED) is 0.607. The molecule has 1 aliphatic heterocycles. The Labute approximate surface area is 150 Å². The summed E-state index contributed by atoms with van der Waals surface area (Å²) in [5, 5.41) is 3.48. The Bertz CT molecular complexity index is 545. The highest BCUT2D eigenvalue weighted by atomic mass is 32.2. The second-order valence-corrected chi connectivity index (χ2v) is 8.37. The van der Waals surface area contributed by atoms with Gasteiger partial charge in [0.1, 0.15) is 0 Å². The van der Waals surface area contributed by atoms with Crippen molar-refractivity contribution in [3.63, 3.8) is 0 Å². The molecule has 24 heavy (non-hydrogen) atoms. The Morgan fingerprint density at radius 2 is 2.17 bits per heavy atom. The number of aliphatic imine (C=N–C) groups is 1. The lowest BCUT2D eigenvalue weighted by Gasteiger charge is -2.22. The molecule has 1 unspecified atom stereocenters. The molecule has 3 rings (SSSR count). The number of nitrogens with zero attached hydrogens (tertiary/aromatic N) is 2. The van der Waals surface area contributed by atoms with E-state index >= 15 is 0 Å². The van der Waals surface area contributed by atoms with E-state index in [0.717, 1.165) is 38.7 Å². The minimum atomic E-state index is 0.313. The van der Waals surface area contributed by atoms with E-state index in [1.165, 1.54) is 24.2 Å². The molecule has 1 saturated heterocycles. The number of ether oxygens (including phenoxy) is 1. The predicted octanol–water partition coefficient (Wildman–Crippen LogP) is 3.25. The first-order chi connectivity index (χ1) is 11.7. The van der Waals surface area contributed by atoms with Gasteiger partial charge in [-0.25, -0.2) is 0 Å². The zero-order chi connectivity index (χ0) is 16.8. The molecule has 5 heteroatoms. The van der Waals surface area contributed by atoms with Crippen LogP contribution in [0.2, 0.25) is 0 Å². The number of thioether (sulfide) groups is 1. The van der Waals surface area contributed by atoms with E-state index in [9.17, 15) is 0 Å². The lowest BCUT2D eigenvalue weighted by Crippen LogP contribution is -2.40. The van der Waals surface area contributed by atoms with Crippen LogP contribution >= 0.6 is 11.8 Å². The monoisotopic (exact) mass is 347 g/mol. The van der Waals surface area contributed by atoms with Gasteiger partial charge in [0.15, 0.2) is 5.96 Å². The summed E-state index contributed by atoms with van der Waals surface area (Å²) in [6, 6.07) is 10.7. The number of hydrogen-bond acceptors (Lipinski definition) is 3. The van der Waals surface area contributed by atoms with Crippen molar-refractivity contribution < 1.29 is 4.74 Å². The van der Waals surface area contributed by atoms with Gasteiger partial charge < -0.3 is 15.0 Å². The minimum absolute atomic E-state index is 0.313. The molecule has 2 aliphatic rings. The van der Waals surface area contributed by atoms with Gasteiger partial charge in [-0.1, -0.05) is 18.2 Å². The van der Waals surface area contributed by atoms with Crippen molar-refractivity contribution >= 4 is 17.7 Å². The van der Waals surface area contributed by atoms with Gasteiger partial charge >= 0.3 is 0 Å². The second kappa shape index (κ2) is 8.26. The molecule has 0 amide bonds. The van der Waals surface area contributed by atoms with E-state index in [1.54, 1.807) is 7.11 Å². The fraction of sp³-hybridized carbons (Fsp3) is 0.632. The van der Waals surface area contributed by atoms with Crippen molar-refractivity contribution in [1.29, 1.82) is 0 Å². The fourth-order valence-electron chi connectivity index (χ4n) is 3.21. The normalized spacial score (nSPS) is 22.7. The van der Waals surface area contributed by atoms with Gasteiger partial charge in [-0.3, -0.25) is 4.99 Å². The number of rotatable bonds is 7. The molecule has 1 saturated carbocycles. The average Bonchev–Trinajstić information content (AvgIpc) is 3.19. The van der Waals surface area contributed by atoms with Gasteiger partial charge in [-0.2, -0.15) is 0 Å². The Morgan fingerprint density at radius 3 is 2.83 bits per heavy atom. The van der Waals surface area contributed by atoms with Crippen LogP contribution in [0.15, 0.2) is 40.2 Å². The molecule has 0 bridgehead atoms. The maximum absolute atomic E-state index is 5.31. The van der Waals surface area contributed by atoms with Gasteiger partial charge in [-0.15, -0.1) is 11.8 Å². The Morgan fingerprint density at radius 1 is 1.38 bits per heavy atom. The van der Waals surface area contributed by atoms with Crippen molar-refractivity contribution in [2.45, 2.75) is 35.8 Å². The highest BCUT2D eigenvalue weighted by Gasteiger charge is 2.43. The smallest absolute Gasteiger partial charge is 0.193 e. The van der Waals surface area contributed by atoms with Gasteiger partial charge in [0.2, 0.25) is 0 Å². The third kappa shape index (κ3) is 4.67. The van der Waals surface area contributed by atoms with E-state index in [2.05, 4.69) is 47.5 Å². The van der Waals surface area contributed by atoms with Crippen molar-refractivity contribution in [2.75, 3.05) is 39.9 Å². The van der Waals surface area contributed by atoms with Crippen LogP contribution < -0.4 is 5.32 Å². The summed E-state index contributed by atoms with van der Waals surface area (Å²) in [4.78, 5) is 8.75. The summed E-state index contributed by atoms with van der Waals surface area (Å²) in [5.41, 5.74) is 0. The molecular weight excluding hydrogens is 318 g/mol. The van der Waals surface area contributed by atoms with E-state index in [0.29, 0.717) is 10.7 Å². The minimum Gasteiger partial charge on any atom is -0.384 e. The van der Waals surface area contributed by atoms with Crippen molar-refractivity contribution in [2.24, 2.45) is 10.9 Å². The largest absolute Gasteiger partial charge is 0.384 e. The van der Waals surface area contributed by atoms with Crippen LogP contribution in [0.1, 0.15) is 26.2 Å². The van der Waals surface area contributed by atoms with Crippen LogP contribution in [0.4, 0.5) is 0 Å². The molecule has 0 radical (unpaired) electrons. The van der Waals surface area contributed by atoms with Crippen molar-refractivity contribution in [1.82, 2.24) is 10.2 Å². The molecule has 1 aromatic rings. The Hall–Kier alpha value is -1.20. The molecule has 0 aromatic heterocycles. The molecule has 2 fully saturated rings. The lowest BCUT2D eigenvalue weighted by molar-refractivity contribution is 0.157. The summed E-state index contributed by atoms with van der Waals surface area (Å²) in [6.07, 6.45) is 3.73. The first-order valence-electron chi connectivity index (χ1n) is 9.01. The zero-order valence-corrected chi connectivity index (χ0v) is 15.6. The van der Waals surface area contributed by atoms with Gasteiger partial charge in [0, 0.05) is 42.3 Å². The van der Waals surface area contributed by atoms with E-state index in [-0.39, 0.29) is 0 Å². The number of likely N-dealkylation sites (tertiary alicyclic amines) is 1. The van der Waals surface area contributed by atoms with E-state index < -0.39 is 0 Å². The maximum atomic E-state index is 5.31.